The van der Waals surface area contributed by atoms with Crippen molar-refractivity contribution >= 4 is 23.2 Å². The largest absolute Gasteiger partial charge is 0.612 e. The molecule has 0 aliphatic heterocycles. The number of hydrogen-bond donors (Lipinski definition) is 0. The van der Waals surface area contributed by atoms with Crippen LogP contribution in [0.3, 0.4) is 0 Å². The molecule has 2 rings (SSSR count). The van der Waals surface area contributed by atoms with E-state index in [9.17, 15) is 31.3 Å². The summed E-state index contributed by atoms with van der Waals surface area (Å²) < 4.78 is 101. The van der Waals surface area contributed by atoms with Crippen LogP contribution in [0.25, 0.3) is 6.08 Å². The molecule has 0 aliphatic carbocycles. The van der Waals surface area contributed by atoms with Crippen LogP contribution < -0.4 is 23.7 Å². The van der Waals surface area contributed by atoms with Gasteiger partial charge in [0.05, 0.1) is 34.0 Å². The number of carbonyl (C=O) groups is 1. The van der Waals surface area contributed by atoms with Gasteiger partial charge >= 0.3 is 18.1 Å². The average molecular weight is 524 g/mol. The summed E-state index contributed by atoms with van der Waals surface area (Å²) >= 11 is -1.69. The molecule has 35 heavy (non-hydrogen) atoms. The van der Waals surface area contributed by atoms with Crippen molar-refractivity contribution in [1.29, 1.82) is 0 Å². The first-order valence-corrected chi connectivity index (χ1v) is 10.9. The Hall–Kier alpha value is -3.19. The zero-order valence-corrected chi connectivity index (χ0v) is 19.7. The molecule has 0 saturated carbocycles. The fourth-order valence-corrected chi connectivity index (χ4v) is 3.62. The van der Waals surface area contributed by atoms with Gasteiger partial charge in [0, 0.05) is 23.8 Å². The monoisotopic (exact) mass is 524 g/mol. The molecule has 0 bridgehead atoms. The van der Waals surface area contributed by atoms with E-state index in [2.05, 4.69) is 4.74 Å². The van der Waals surface area contributed by atoms with Gasteiger partial charge < -0.3 is 28.2 Å². The van der Waals surface area contributed by atoms with Gasteiger partial charge in [-0.1, -0.05) is 6.07 Å². The number of halogens is 5. The van der Waals surface area contributed by atoms with Crippen LogP contribution in [-0.2, 0) is 21.7 Å². The van der Waals surface area contributed by atoms with Crippen LogP contribution in [0, 0.1) is 0 Å². The van der Waals surface area contributed by atoms with E-state index >= 15 is 0 Å². The fourth-order valence-electron chi connectivity index (χ4n) is 2.72. The van der Waals surface area contributed by atoms with E-state index in [0.717, 1.165) is 13.2 Å². The number of carbonyl (C=O) groups excluding carboxylic acids is 1. The Kier molecular flexibility index (Phi) is 9.21. The maximum Gasteiger partial charge on any atom is 0.465 e. The van der Waals surface area contributed by atoms with Crippen LogP contribution >= 0.6 is 0 Å². The zero-order valence-electron chi connectivity index (χ0n) is 18.9. The van der Waals surface area contributed by atoms with Crippen molar-refractivity contribution < 1.29 is 55.0 Å². The lowest BCUT2D eigenvalue weighted by Gasteiger charge is -2.18. The van der Waals surface area contributed by atoms with Gasteiger partial charge in [0.15, 0.2) is 11.5 Å². The highest BCUT2D eigenvalue weighted by atomic mass is 32.2. The Morgan fingerprint density at radius 1 is 0.886 bits per heavy atom. The number of hydrogen-bond acceptors (Lipinski definition) is 7. The summed E-state index contributed by atoms with van der Waals surface area (Å²) in [6.45, 7) is 0. The molecule has 1 unspecified atom stereocenters. The zero-order chi connectivity index (χ0) is 26.4. The second kappa shape index (κ2) is 11.5. The minimum Gasteiger partial charge on any atom is -0.612 e. The topological polar surface area (TPSA) is 86.3 Å². The van der Waals surface area contributed by atoms with Crippen molar-refractivity contribution in [2.75, 3.05) is 28.4 Å². The molecule has 0 aliphatic rings. The molecule has 1 atom stereocenters. The van der Waals surface area contributed by atoms with Gasteiger partial charge in [0.25, 0.3) is 0 Å². The molecule has 2 aromatic carbocycles. The first-order chi connectivity index (χ1) is 16.4. The minimum absolute atomic E-state index is 0.193. The Morgan fingerprint density at radius 2 is 1.46 bits per heavy atom. The highest BCUT2D eigenvalue weighted by Gasteiger charge is 2.65. The van der Waals surface area contributed by atoms with Crippen LogP contribution in [-0.4, -0.2) is 51.1 Å². The lowest BCUT2D eigenvalue weighted by molar-refractivity contribution is -0.276. The highest BCUT2D eigenvalue weighted by molar-refractivity contribution is 7.93. The molecule has 192 valence electrons. The summed E-state index contributed by atoms with van der Waals surface area (Å²) in [5.74, 6) is -8.48. The number of methoxy groups -OCH3 is 4. The van der Waals surface area contributed by atoms with E-state index < -0.39 is 35.0 Å². The normalized spacial score (nSPS) is 12.9. The lowest BCUT2D eigenvalue weighted by Crippen LogP contribution is -2.46. The van der Waals surface area contributed by atoms with Crippen molar-refractivity contribution in [3.05, 3.63) is 46.9 Å². The Balaban J connectivity index is 2.26. The molecule has 0 amide bonds. The van der Waals surface area contributed by atoms with Crippen LogP contribution in [0.1, 0.15) is 11.1 Å². The first-order valence-electron chi connectivity index (χ1n) is 9.57. The summed E-state index contributed by atoms with van der Waals surface area (Å²) in [7, 11) is 5.41. The number of rotatable bonds is 10. The molecule has 0 fully saturated rings. The molecule has 0 radical (unpaired) electrons. The quantitative estimate of drug-likeness (QED) is 0.192. The standard InChI is InChI=1S/C22H21F5O7S/c1-30-14-10-17(32-3)15(18(11-14)33-4)7-8-35(29)12-13-5-6-16(31-2)19(9-13)34-20(28)21(23,24)22(25,26)27/h5-11H,12H2,1-4H3/b8-7+. The maximum absolute atomic E-state index is 13.3. The molecule has 13 heteroatoms. The molecular formula is C22H21F5O7S. The molecule has 0 heterocycles. The van der Waals surface area contributed by atoms with Gasteiger partial charge in [-0.3, -0.25) is 0 Å². The summed E-state index contributed by atoms with van der Waals surface area (Å²) in [4.78, 5) is 11.5. The Bertz CT molecular complexity index is 1050. The van der Waals surface area contributed by atoms with Crippen LogP contribution in [0.4, 0.5) is 22.0 Å². The van der Waals surface area contributed by atoms with Crippen molar-refractivity contribution in [3.8, 4) is 28.7 Å². The molecule has 2 aromatic rings. The van der Waals surface area contributed by atoms with E-state index in [-0.39, 0.29) is 17.1 Å². The molecule has 0 saturated heterocycles. The molecule has 0 aromatic heterocycles. The Labute approximate surface area is 200 Å². The second-order valence-electron chi connectivity index (χ2n) is 6.72. The Morgan fingerprint density at radius 3 is 1.94 bits per heavy atom. The summed E-state index contributed by atoms with van der Waals surface area (Å²) in [6, 6.07) is 6.74. The number of esters is 1. The smallest absolute Gasteiger partial charge is 0.465 e. The number of ether oxygens (including phenoxy) is 5. The highest BCUT2D eigenvalue weighted by Crippen LogP contribution is 2.39. The molecule has 0 spiro atoms. The molecular weight excluding hydrogens is 503 g/mol. The summed E-state index contributed by atoms with van der Waals surface area (Å²) in [6.07, 6.45) is -4.66. The number of alkyl halides is 5. The van der Waals surface area contributed by atoms with Crippen LogP contribution in [0.5, 0.6) is 28.7 Å². The second-order valence-corrected chi connectivity index (χ2v) is 8.04. The third-order valence-corrected chi connectivity index (χ3v) is 5.55. The van der Waals surface area contributed by atoms with E-state index in [1.165, 1.54) is 44.9 Å². The van der Waals surface area contributed by atoms with Crippen molar-refractivity contribution in [3.63, 3.8) is 0 Å². The van der Waals surface area contributed by atoms with E-state index in [4.69, 9.17) is 18.9 Å². The average Bonchev–Trinajstić information content (AvgIpc) is 2.81. The van der Waals surface area contributed by atoms with Crippen molar-refractivity contribution in [2.45, 2.75) is 17.9 Å². The van der Waals surface area contributed by atoms with E-state index in [0.29, 0.717) is 22.8 Å². The van der Waals surface area contributed by atoms with Gasteiger partial charge in [0.1, 0.15) is 28.4 Å². The van der Waals surface area contributed by atoms with Gasteiger partial charge in [-0.2, -0.15) is 22.0 Å². The SMILES string of the molecule is COc1cc(OC)c(/C=C/[S+]([O-])Cc2ccc(OC)c(OC(=O)C(F)(F)C(F)(F)F)c2)c(OC)c1. The first kappa shape index (κ1) is 28.1. The van der Waals surface area contributed by atoms with E-state index in [1.807, 2.05) is 0 Å². The molecule has 7 nitrogen and oxygen atoms in total. The van der Waals surface area contributed by atoms with Gasteiger partial charge in [0.2, 0.25) is 0 Å². The summed E-state index contributed by atoms with van der Waals surface area (Å²) in [5, 5.41) is 1.31. The van der Waals surface area contributed by atoms with Crippen molar-refractivity contribution in [2.24, 2.45) is 0 Å². The lowest BCUT2D eigenvalue weighted by atomic mass is 10.1. The van der Waals surface area contributed by atoms with Crippen LogP contribution in [0.15, 0.2) is 35.7 Å². The predicted molar refractivity (Wildman–Crippen MR) is 117 cm³/mol. The fraction of sp³-hybridized carbons (Fsp3) is 0.318. The minimum atomic E-state index is -6.13. The third kappa shape index (κ3) is 6.69. The van der Waals surface area contributed by atoms with Gasteiger partial charge in [-0.05, 0) is 23.3 Å². The van der Waals surface area contributed by atoms with Gasteiger partial charge in [-0.25, -0.2) is 4.79 Å². The summed E-state index contributed by atoms with van der Waals surface area (Å²) in [5.41, 5.74) is 0.670. The number of benzene rings is 2. The predicted octanol–water partition coefficient (Wildman–Crippen LogP) is 4.74. The molecule has 0 N–H and O–H groups in total. The van der Waals surface area contributed by atoms with Gasteiger partial charge in [-0.15, -0.1) is 0 Å². The third-order valence-electron chi connectivity index (χ3n) is 4.49. The van der Waals surface area contributed by atoms with E-state index in [1.54, 1.807) is 12.1 Å². The van der Waals surface area contributed by atoms with Crippen LogP contribution in [0.2, 0.25) is 0 Å². The maximum atomic E-state index is 13.3. The van der Waals surface area contributed by atoms with Crippen molar-refractivity contribution in [1.82, 2.24) is 0 Å².